The molecule has 0 fully saturated rings. The molecule has 1 N–H and O–H groups in total. The average molecular weight is 548 g/mol. The lowest BCUT2D eigenvalue weighted by Gasteiger charge is -2.26. The Hall–Kier alpha value is -4.58. The van der Waals surface area contributed by atoms with Gasteiger partial charge in [0, 0.05) is 23.9 Å². The van der Waals surface area contributed by atoms with Crippen LogP contribution in [-0.4, -0.2) is 19.6 Å². The summed E-state index contributed by atoms with van der Waals surface area (Å²) in [6, 6.07) is 27.6. The third-order valence-corrected chi connectivity index (χ3v) is 7.40. The number of imidazole rings is 1. The topological polar surface area (TPSA) is 69.4 Å². The van der Waals surface area contributed by atoms with Gasteiger partial charge in [-0.05, 0) is 58.9 Å². The zero-order valence-electron chi connectivity index (χ0n) is 24.5. The minimum atomic E-state index is -0.456. The lowest BCUT2D eigenvalue weighted by atomic mass is 9.81. The maximum absolute atomic E-state index is 10.1. The highest BCUT2D eigenvalue weighted by Crippen LogP contribution is 2.37. The van der Waals surface area contributed by atoms with Crippen LogP contribution in [0.25, 0.3) is 5.69 Å². The molecule has 0 unspecified atom stereocenters. The highest BCUT2D eigenvalue weighted by atomic mass is 16.5. The average Bonchev–Trinajstić information content (AvgIpc) is 3.41. The molecule has 0 saturated carbocycles. The summed E-state index contributed by atoms with van der Waals surface area (Å²) in [4.78, 5) is 9.37. The second-order valence-corrected chi connectivity index (χ2v) is 11.4. The molecule has 0 aliphatic carbocycles. The van der Waals surface area contributed by atoms with Crippen molar-refractivity contribution in [3.8, 4) is 34.8 Å². The van der Waals surface area contributed by atoms with Gasteiger partial charge in [-0.1, -0.05) is 90.1 Å². The van der Waals surface area contributed by atoms with Crippen LogP contribution < -0.4 is 9.47 Å². The fraction of sp³-hybridized carbons (Fsp3) is 0.257. The number of hydrogen-bond acceptors (Lipinski definition) is 5. The molecule has 0 amide bonds. The molecule has 6 heteroatoms. The van der Waals surface area contributed by atoms with Gasteiger partial charge in [0.2, 0.25) is 5.88 Å². The molecule has 0 spiro atoms. The molecule has 3 aromatic carbocycles. The number of para-hydroxylation sites is 3. The Morgan fingerprint density at radius 1 is 0.780 bits per heavy atom. The summed E-state index contributed by atoms with van der Waals surface area (Å²) in [5.74, 6) is 2.23. The quantitative estimate of drug-likeness (QED) is 0.199. The van der Waals surface area contributed by atoms with Crippen molar-refractivity contribution in [2.24, 2.45) is 0 Å². The standard InChI is InChI=1S/C35H37N3O3/c1-23(2)27-14-10-15-28(24(3)4)33(27)38-21-20-36-34(38)40-26-13-9-12-25(22-26)35(5,6)31-18-11-19-32(37-31)41-30-17-8-7-16-29(30)39/h7-24,39H,1-6H3. The molecule has 0 saturated heterocycles. The second-order valence-electron chi connectivity index (χ2n) is 11.4. The van der Waals surface area contributed by atoms with Crippen LogP contribution in [0.2, 0.25) is 0 Å². The van der Waals surface area contributed by atoms with Crippen molar-refractivity contribution < 1.29 is 14.6 Å². The number of aromatic hydroxyl groups is 1. The molecule has 210 valence electrons. The third-order valence-electron chi connectivity index (χ3n) is 7.40. The van der Waals surface area contributed by atoms with Crippen molar-refractivity contribution in [1.82, 2.24) is 14.5 Å². The number of pyridine rings is 1. The van der Waals surface area contributed by atoms with Gasteiger partial charge in [0.05, 0.1) is 11.4 Å². The van der Waals surface area contributed by atoms with Gasteiger partial charge in [0.15, 0.2) is 11.5 Å². The predicted octanol–water partition coefficient (Wildman–Crippen LogP) is 9.13. The molecule has 6 nitrogen and oxygen atoms in total. The van der Waals surface area contributed by atoms with Gasteiger partial charge in [-0.25, -0.2) is 9.97 Å². The van der Waals surface area contributed by atoms with E-state index >= 15 is 0 Å². The molecule has 2 aromatic heterocycles. The number of phenolic OH excluding ortho intramolecular Hbond substituents is 1. The number of rotatable bonds is 9. The molecule has 0 radical (unpaired) electrons. The first-order chi connectivity index (χ1) is 19.6. The van der Waals surface area contributed by atoms with E-state index < -0.39 is 5.41 Å². The summed E-state index contributed by atoms with van der Waals surface area (Å²) < 4.78 is 14.4. The van der Waals surface area contributed by atoms with Crippen LogP contribution in [0.4, 0.5) is 0 Å². The van der Waals surface area contributed by atoms with Gasteiger partial charge in [0.1, 0.15) is 5.75 Å². The molecule has 0 atom stereocenters. The van der Waals surface area contributed by atoms with E-state index in [2.05, 4.69) is 75.4 Å². The van der Waals surface area contributed by atoms with Crippen LogP contribution in [0.3, 0.4) is 0 Å². The summed E-state index contributed by atoms with van der Waals surface area (Å²) in [5.41, 5.74) is 5.05. The Morgan fingerprint density at radius 2 is 1.46 bits per heavy atom. The number of aromatic nitrogens is 3. The number of ether oxygens (including phenoxy) is 2. The maximum atomic E-state index is 10.1. The zero-order chi connectivity index (χ0) is 29.1. The van der Waals surface area contributed by atoms with Crippen LogP contribution in [0, 0.1) is 0 Å². The Morgan fingerprint density at radius 3 is 2.17 bits per heavy atom. The monoisotopic (exact) mass is 547 g/mol. The lowest BCUT2D eigenvalue weighted by molar-refractivity contribution is 0.400. The summed E-state index contributed by atoms with van der Waals surface area (Å²) in [7, 11) is 0. The molecule has 41 heavy (non-hydrogen) atoms. The first-order valence-electron chi connectivity index (χ1n) is 14.0. The predicted molar refractivity (Wildman–Crippen MR) is 163 cm³/mol. The first-order valence-corrected chi connectivity index (χ1v) is 14.0. The van der Waals surface area contributed by atoms with Crippen LogP contribution in [0.1, 0.15) is 75.8 Å². The number of benzene rings is 3. The van der Waals surface area contributed by atoms with Crippen molar-refractivity contribution in [3.05, 3.63) is 120 Å². The number of nitrogens with zero attached hydrogens (tertiary/aromatic N) is 3. The summed E-state index contributed by atoms with van der Waals surface area (Å²) >= 11 is 0. The summed E-state index contributed by atoms with van der Waals surface area (Å²) in [6.07, 6.45) is 3.75. The first kappa shape index (κ1) is 28.0. The van der Waals surface area contributed by atoms with Crippen LogP contribution in [-0.2, 0) is 5.41 Å². The van der Waals surface area contributed by atoms with Crippen molar-refractivity contribution in [1.29, 1.82) is 0 Å². The molecule has 0 aliphatic heterocycles. The van der Waals surface area contributed by atoms with Crippen LogP contribution >= 0.6 is 0 Å². The van der Waals surface area contributed by atoms with E-state index in [1.54, 1.807) is 30.5 Å². The largest absolute Gasteiger partial charge is 0.504 e. The Labute approximate surface area is 242 Å². The van der Waals surface area contributed by atoms with Crippen molar-refractivity contribution in [2.45, 2.75) is 58.8 Å². The van der Waals surface area contributed by atoms with Crippen molar-refractivity contribution >= 4 is 0 Å². The highest BCUT2D eigenvalue weighted by Gasteiger charge is 2.26. The van der Waals surface area contributed by atoms with E-state index in [1.165, 1.54) is 11.1 Å². The number of phenols is 1. The highest BCUT2D eigenvalue weighted by molar-refractivity contribution is 5.53. The van der Waals surface area contributed by atoms with E-state index in [0.717, 1.165) is 16.9 Å². The van der Waals surface area contributed by atoms with Crippen LogP contribution in [0.5, 0.6) is 29.1 Å². The van der Waals surface area contributed by atoms with Gasteiger partial charge >= 0.3 is 6.01 Å². The number of hydrogen-bond donors (Lipinski definition) is 1. The third kappa shape index (κ3) is 5.82. The molecule has 0 bridgehead atoms. The van der Waals surface area contributed by atoms with Gasteiger partial charge < -0.3 is 14.6 Å². The van der Waals surface area contributed by atoms with Crippen LogP contribution in [0.15, 0.2) is 97.3 Å². The molecular formula is C35H37N3O3. The van der Waals surface area contributed by atoms with E-state index in [0.29, 0.717) is 35.2 Å². The molecule has 5 aromatic rings. The fourth-order valence-corrected chi connectivity index (χ4v) is 5.00. The zero-order valence-corrected chi connectivity index (χ0v) is 24.5. The van der Waals surface area contributed by atoms with E-state index in [4.69, 9.17) is 14.5 Å². The fourth-order valence-electron chi connectivity index (χ4n) is 5.00. The Bertz CT molecular complexity index is 1630. The smallest absolute Gasteiger partial charge is 0.306 e. The van der Waals surface area contributed by atoms with Gasteiger partial charge in [0.25, 0.3) is 0 Å². The van der Waals surface area contributed by atoms with Gasteiger partial charge in [-0.15, -0.1) is 0 Å². The second kappa shape index (κ2) is 11.5. The summed E-state index contributed by atoms with van der Waals surface area (Å²) in [5, 5.41) is 10.1. The molecule has 0 aliphatic rings. The SMILES string of the molecule is CC(C)c1cccc(C(C)C)c1-n1ccnc1Oc1cccc(C(C)(C)c2cccc(Oc3ccccc3O)n2)c1. The van der Waals surface area contributed by atoms with Gasteiger partial charge in [-0.2, -0.15) is 0 Å². The molecule has 5 rings (SSSR count). The lowest BCUT2D eigenvalue weighted by Crippen LogP contribution is -2.20. The molecule has 2 heterocycles. The van der Waals surface area contributed by atoms with E-state index in [9.17, 15) is 5.11 Å². The van der Waals surface area contributed by atoms with Gasteiger partial charge in [-0.3, -0.25) is 4.57 Å². The summed E-state index contributed by atoms with van der Waals surface area (Å²) in [6.45, 7) is 13.1. The van der Waals surface area contributed by atoms with Crippen molar-refractivity contribution in [2.75, 3.05) is 0 Å². The Kier molecular flexibility index (Phi) is 7.84. The normalized spacial score (nSPS) is 11.7. The van der Waals surface area contributed by atoms with E-state index in [-0.39, 0.29) is 5.75 Å². The Balaban J connectivity index is 1.45. The minimum Gasteiger partial charge on any atom is -0.504 e. The molecular weight excluding hydrogens is 510 g/mol. The van der Waals surface area contributed by atoms with E-state index in [1.807, 2.05) is 42.6 Å². The maximum Gasteiger partial charge on any atom is 0.306 e. The minimum absolute atomic E-state index is 0.0682. The van der Waals surface area contributed by atoms with Crippen molar-refractivity contribution in [3.63, 3.8) is 0 Å².